The van der Waals surface area contributed by atoms with Gasteiger partial charge in [-0.3, -0.25) is 4.79 Å². The molecule has 1 atom stereocenters. The molecule has 0 saturated carbocycles. The number of hydrogen-bond donors (Lipinski definition) is 1. The number of benzene rings is 2. The van der Waals surface area contributed by atoms with Crippen molar-refractivity contribution in [1.29, 1.82) is 0 Å². The highest BCUT2D eigenvalue weighted by Crippen LogP contribution is 2.32. The number of carbonyl (C=O) groups is 1. The summed E-state index contributed by atoms with van der Waals surface area (Å²) in [5.41, 5.74) is 3.45. The van der Waals surface area contributed by atoms with E-state index in [0.29, 0.717) is 11.4 Å². The first-order chi connectivity index (χ1) is 9.56. The predicted octanol–water partition coefficient (Wildman–Crippen LogP) is 2.94. The number of aliphatic hydroxyl groups is 1. The Morgan fingerprint density at radius 1 is 1.15 bits per heavy atom. The Balaban J connectivity index is 1.94. The maximum absolute atomic E-state index is 11.7. The van der Waals surface area contributed by atoms with Crippen LogP contribution in [0.3, 0.4) is 0 Å². The molecule has 1 aliphatic heterocycles. The fourth-order valence-electron chi connectivity index (χ4n) is 2.50. The molecule has 1 aliphatic rings. The number of nitrogens with zero attached hydrogens (tertiary/aromatic N) is 1. The normalized spacial score (nSPS) is 15.3. The van der Waals surface area contributed by atoms with Gasteiger partial charge in [-0.25, -0.2) is 0 Å². The van der Waals surface area contributed by atoms with E-state index < -0.39 is 6.10 Å². The Bertz CT molecular complexity index is 667. The molecular formula is C16H14ClNO2. The van der Waals surface area contributed by atoms with Gasteiger partial charge in [-0.15, -0.1) is 0 Å². The van der Waals surface area contributed by atoms with Crippen molar-refractivity contribution in [2.75, 3.05) is 11.9 Å². The Kier molecular flexibility index (Phi) is 3.24. The summed E-state index contributed by atoms with van der Waals surface area (Å²) >= 11 is 5.85. The summed E-state index contributed by atoms with van der Waals surface area (Å²) in [6, 6.07) is 12.8. The highest BCUT2D eigenvalue weighted by atomic mass is 35.5. The Morgan fingerprint density at radius 2 is 1.80 bits per heavy atom. The third-order valence-corrected chi connectivity index (χ3v) is 3.93. The molecule has 1 amide bonds. The van der Waals surface area contributed by atoms with Gasteiger partial charge in [0, 0.05) is 17.8 Å². The maximum Gasteiger partial charge on any atom is 0.231 e. The minimum atomic E-state index is -0.710. The van der Waals surface area contributed by atoms with E-state index in [1.54, 1.807) is 36.2 Å². The Labute approximate surface area is 122 Å². The molecule has 2 aromatic carbocycles. The molecule has 0 radical (unpaired) electrons. The van der Waals surface area contributed by atoms with Crippen LogP contribution in [-0.4, -0.2) is 18.1 Å². The van der Waals surface area contributed by atoms with Crippen molar-refractivity contribution < 1.29 is 9.90 Å². The van der Waals surface area contributed by atoms with Gasteiger partial charge < -0.3 is 10.0 Å². The molecular weight excluding hydrogens is 274 g/mol. The topological polar surface area (TPSA) is 40.5 Å². The third-order valence-electron chi connectivity index (χ3n) is 3.68. The van der Waals surface area contributed by atoms with Crippen molar-refractivity contribution in [2.24, 2.45) is 0 Å². The van der Waals surface area contributed by atoms with E-state index in [1.165, 1.54) is 0 Å². The number of amides is 1. The van der Waals surface area contributed by atoms with Gasteiger partial charge in [0.15, 0.2) is 0 Å². The second-order valence-corrected chi connectivity index (χ2v) is 5.41. The van der Waals surface area contributed by atoms with Crippen molar-refractivity contribution >= 4 is 23.2 Å². The molecule has 0 bridgehead atoms. The molecule has 1 heterocycles. The molecule has 4 heteroatoms. The van der Waals surface area contributed by atoms with Crippen LogP contribution in [0.15, 0.2) is 42.5 Å². The van der Waals surface area contributed by atoms with Gasteiger partial charge in [0.05, 0.1) is 6.42 Å². The zero-order valence-electron chi connectivity index (χ0n) is 11.0. The van der Waals surface area contributed by atoms with E-state index in [0.717, 1.165) is 22.4 Å². The van der Waals surface area contributed by atoms with Crippen molar-refractivity contribution in [1.82, 2.24) is 0 Å². The van der Waals surface area contributed by atoms with Crippen LogP contribution in [0.2, 0.25) is 5.02 Å². The van der Waals surface area contributed by atoms with Gasteiger partial charge in [-0.2, -0.15) is 0 Å². The Hall–Kier alpha value is -1.84. The summed E-state index contributed by atoms with van der Waals surface area (Å²) in [6.07, 6.45) is -0.314. The molecule has 0 saturated heterocycles. The van der Waals surface area contributed by atoms with Gasteiger partial charge in [-0.05, 0) is 34.9 Å². The van der Waals surface area contributed by atoms with Gasteiger partial charge in [0.25, 0.3) is 0 Å². The zero-order valence-corrected chi connectivity index (χ0v) is 11.8. The fraction of sp³-hybridized carbons (Fsp3) is 0.188. The average Bonchev–Trinajstić information content (AvgIpc) is 2.74. The largest absolute Gasteiger partial charge is 0.384 e. The minimum Gasteiger partial charge on any atom is -0.384 e. The zero-order chi connectivity index (χ0) is 14.3. The van der Waals surface area contributed by atoms with E-state index in [-0.39, 0.29) is 5.91 Å². The van der Waals surface area contributed by atoms with Crippen LogP contribution >= 0.6 is 11.6 Å². The second kappa shape index (κ2) is 4.93. The van der Waals surface area contributed by atoms with E-state index in [4.69, 9.17) is 11.6 Å². The van der Waals surface area contributed by atoms with Crippen LogP contribution in [0.25, 0.3) is 0 Å². The second-order valence-electron chi connectivity index (χ2n) is 4.97. The lowest BCUT2D eigenvalue weighted by Crippen LogP contribution is -2.20. The smallest absolute Gasteiger partial charge is 0.231 e. The quantitative estimate of drug-likeness (QED) is 0.922. The molecule has 2 aromatic rings. The van der Waals surface area contributed by atoms with Crippen LogP contribution in [0, 0.1) is 0 Å². The highest BCUT2D eigenvalue weighted by molar-refractivity contribution is 6.30. The lowest BCUT2D eigenvalue weighted by molar-refractivity contribution is -0.117. The monoisotopic (exact) mass is 287 g/mol. The summed E-state index contributed by atoms with van der Waals surface area (Å²) in [5, 5.41) is 11.0. The van der Waals surface area contributed by atoms with Crippen molar-refractivity contribution in [3.63, 3.8) is 0 Å². The number of aliphatic hydroxyl groups excluding tert-OH is 1. The lowest BCUT2D eigenvalue weighted by Gasteiger charge is -2.14. The van der Waals surface area contributed by atoms with Gasteiger partial charge in [0.1, 0.15) is 6.10 Å². The van der Waals surface area contributed by atoms with E-state index in [9.17, 15) is 9.90 Å². The van der Waals surface area contributed by atoms with Crippen molar-refractivity contribution in [3.8, 4) is 0 Å². The molecule has 3 rings (SSSR count). The van der Waals surface area contributed by atoms with Gasteiger partial charge >= 0.3 is 0 Å². The molecule has 0 aromatic heterocycles. The van der Waals surface area contributed by atoms with E-state index in [2.05, 4.69) is 0 Å². The molecule has 20 heavy (non-hydrogen) atoms. The van der Waals surface area contributed by atoms with E-state index in [1.807, 2.05) is 18.2 Å². The SMILES string of the molecule is CN1C(=O)Cc2cc(C(O)c3ccc(Cl)cc3)ccc21. The van der Waals surface area contributed by atoms with Crippen molar-refractivity contribution in [2.45, 2.75) is 12.5 Å². The Morgan fingerprint density at radius 3 is 2.50 bits per heavy atom. The molecule has 1 unspecified atom stereocenters. The van der Waals surface area contributed by atoms with Crippen LogP contribution < -0.4 is 4.90 Å². The number of halogens is 1. The average molecular weight is 288 g/mol. The highest BCUT2D eigenvalue weighted by Gasteiger charge is 2.25. The molecule has 0 aliphatic carbocycles. The summed E-state index contributed by atoms with van der Waals surface area (Å²) in [6.45, 7) is 0. The maximum atomic E-state index is 11.7. The van der Waals surface area contributed by atoms with Crippen LogP contribution in [0.5, 0.6) is 0 Å². The summed E-state index contributed by atoms with van der Waals surface area (Å²) in [5.74, 6) is 0.0816. The first kappa shape index (κ1) is 13.2. The van der Waals surface area contributed by atoms with Crippen LogP contribution in [0.1, 0.15) is 22.8 Å². The number of anilines is 1. The standard InChI is InChI=1S/C16H14ClNO2/c1-18-14-7-4-11(8-12(14)9-15(18)19)16(20)10-2-5-13(17)6-3-10/h2-8,16,20H,9H2,1H3. The first-order valence-electron chi connectivity index (χ1n) is 6.39. The number of hydrogen-bond acceptors (Lipinski definition) is 2. The molecule has 0 spiro atoms. The number of likely N-dealkylation sites (N-methyl/N-ethyl adjacent to an activating group) is 1. The van der Waals surface area contributed by atoms with E-state index >= 15 is 0 Å². The van der Waals surface area contributed by atoms with Gasteiger partial charge in [-0.1, -0.05) is 35.9 Å². The minimum absolute atomic E-state index is 0.0816. The summed E-state index contributed by atoms with van der Waals surface area (Å²) in [7, 11) is 1.77. The number of fused-ring (bicyclic) bond motifs is 1. The lowest BCUT2D eigenvalue weighted by atomic mass is 9.99. The van der Waals surface area contributed by atoms with Crippen molar-refractivity contribution in [3.05, 3.63) is 64.2 Å². The number of carbonyl (C=O) groups excluding carboxylic acids is 1. The number of rotatable bonds is 2. The molecule has 0 fully saturated rings. The first-order valence-corrected chi connectivity index (χ1v) is 6.77. The fourth-order valence-corrected chi connectivity index (χ4v) is 2.62. The van der Waals surface area contributed by atoms with Crippen LogP contribution in [0.4, 0.5) is 5.69 Å². The summed E-state index contributed by atoms with van der Waals surface area (Å²) in [4.78, 5) is 13.3. The van der Waals surface area contributed by atoms with Gasteiger partial charge in [0.2, 0.25) is 5.91 Å². The summed E-state index contributed by atoms with van der Waals surface area (Å²) < 4.78 is 0. The molecule has 3 nitrogen and oxygen atoms in total. The molecule has 102 valence electrons. The predicted molar refractivity (Wildman–Crippen MR) is 79.1 cm³/mol. The third kappa shape index (κ3) is 2.19. The molecule has 1 N–H and O–H groups in total. The van der Waals surface area contributed by atoms with Crippen LogP contribution in [-0.2, 0) is 11.2 Å².